The third kappa shape index (κ3) is 4.10. The van der Waals surface area contributed by atoms with Crippen molar-refractivity contribution in [3.8, 4) is 11.1 Å². The monoisotopic (exact) mass is 477 g/mol. The fraction of sp³-hybridized carbons (Fsp3) is 0.500. The topological polar surface area (TPSA) is 79.9 Å². The van der Waals surface area contributed by atoms with Crippen molar-refractivity contribution >= 4 is 23.3 Å². The fourth-order valence-corrected chi connectivity index (χ4v) is 6.07. The van der Waals surface area contributed by atoms with E-state index in [0.29, 0.717) is 11.6 Å². The first-order valence-electron chi connectivity index (χ1n) is 12.7. The molecule has 2 N–H and O–H groups in total. The van der Waals surface area contributed by atoms with Crippen molar-refractivity contribution in [2.24, 2.45) is 0 Å². The van der Waals surface area contributed by atoms with Gasteiger partial charge in [0.1, 0.15) is 0 Å². The summed E-state index contributed by atoms with van der Waals surface area (Å²) in [6.45, 7) is 8.19. The van der Waals surface area contributed by atoms with Crippen LogP contribution < -0.4 is 15.5 Å². The lowest BCUT2D eigenvalue weighted by molar-refractivity contribution is -0.121. The molecule has 186 valence electrons. The standard InChI is InChI=1S/C28H35N3O4/c1-4-31(21-7-13-35-14-8-21)25-17-20(15-22(18(25)2)26(32)34-3)19-5-6-23-24(16-19)30-27(33)28(23)9-11-29-12-10-28/h5-6,15-17,21,29H,4,7-14H2,1-3H3,(H,30,33). The Kier molecular flexibility index (Phi) is 6.55. The maximum Gasteiger partial charge on any atom is 0.338 e. The SMILES string of the molecule is CCN(c1cc(-c2ccc3c(c2)NC(=O)C32CCNCC2)cc(C(=O)OC)c1C)C1CCOCC1. The Balaban J connectivity index is 1.58. The first-order valence-corrected chi connectivity index (χ1v) is 12.7. The first-order chi connectivity index (χ1) is 17.0. The Morgan fingerprint density at radius 2 is 1.89 bits per heavy atom. The van der Waals surface area contributed by atoms with Crippen LogP contribution in [-0.2, 0) is 19.7 Å². The summed E-state index contributed by atoms with van der Waals surface area (Å²) in [5.41, 5.74) is 6.01. The van der Waals surface area contributed by atoms with Crippen LogP contribution in [0.4, 0.5) is 11.4 Å². The Labute approximate surface area is 207 Å². The van der Waals surface area contributed by atoms with E-state index in [0.717, 1.165) is 92.2 Å². The summed E-state index contributed by atoms with van der Waals surface area (Å²) < 4.78 is 10.7. The average molecular weight is 478 g/mol. The highest BCUT2D eigenvalue weighted by Crippen LogP contribution is 2.45. The van der Waals surface area contributed by atoms with E-state index in [1.165, 1.54) is 7.11 Å². The summed E-state index contributed by atoms with van der Waals surface area (Å²) in [5, 5.41) is 6.51. The van der Waals surface area contributed by atoms with Crippen LogP contribution in [0.2, 0.25) is 0 Å². The van der Waals surface area contributed by atoms with Crippen molar-refractivity contribution in [1.82, 2.24) is 5.32 Å². The van der Waals surface area contributed by atoms with E-state index < -0.39 is 5.41 Å². The van der Waals surface area contributed by atoms with Gasteiger partial charge >= 0.3 is 5.97 Å². The van der Waals surface area contributed by atoms with Crippen LogP contribution in [0.3, 0.4) is 0 Å². The van der Waals surface area contributed by atoms with Gasteiger partial charge in [0.05, 0.1) is 18.1 Å². The molecule has 7 heteroatoms. The molecule has 3 heterocycles. The number of nitrogens with zero attached hydrogens (tertiary/aromatic N) is 1. The van der Waals surface area contributed by atoms with Gasteiger partial charge in [-0.3, -0.25) is 4.79 Å². The number of benzene rings is 2. The molecule has 0 atom stereocenters. The molecular formula is C28H35N3O4. The second-order valence-electron chi connectivity index (χ2n) is 9.84. The zero-order chi connectivity index (χ0) is 24.6. The maximum atomic E-state index is 13.0. The molecule has 3 aliphatic rings. The van der Waals surface area contributed by atoms with Gasteiger partial charge in [-0.2, -0.15) is 0 Å². The van der Waals surface area contributed by atoms with Crippen LogP contribution in [0.15, 0.2) is 30.3 Å². The van der Waals surface area contributed by atoms with Crippen molar-refractivity contribution < 1.29 is 19.1 Å². The lowest BCUT2D eigenvalue weighted by atomic mass is 9.74. The fourth-order valence-electron chi connectivity index (χ4n) is 6.07. The maximum absolute atomic E-state index is 13.0. The summed E-state index contributed by atoms with van der Waals surface area (Å²) in [5.74, 6) is -0.237. The van der Waals surface area contributed by atoms with Gasteiger partial charge in [-0.15, -0.1) is 0 Å². The molecule has 35 heavy (non-hydrogen) atoms. The summed E-state index contributed by atoms with van der Waals surface area (Å²) in [6.07, 6.45) is 3.55. The quantitative estimate of drug-likeness (QED) is 0.633. The second-order valence-corrected chi connectivity index (χ2v) is 9.84. The number of esters is 1. The number of carbonyl (C=O) groups excluding carboxylic acids is 2. The van der Waals surface area contributed by atoms with Gasteiger partial charge in [-0.05, 0) is 93.1 Å². The predicted octanol–water partition coefficient (Wildman–Crippen LogP) is 4.03. The van der Waals surface area contributed by atoms with Gasteiger partial charge in [-0.1, -0.05) is 12.1 Å². The van der Waals surface area contributed by atoms with Gasteiger partial charge in [0.25, 0.3) is 0 Å². The van der Waals surface area contributed by atoms with Crippen LogP contribution in [0.5, 0.6) is 0 Å². The van der Waals surface area contributed by atoms with Crippen LogP contribution in [0.1, 0.15) is 54.1 Å². The highest BCUT2D eigenvalue weighted by Gasteiger charge is 2.47. The Morgan fingerprint density at radius 3 is 2.57 bits per heavy atom. The van der Waals surface area contributed by atoms with Crippen LogP contribution in [-0.4, -0.2) is 57.9 Å². The molecule has 7 nitrogen and oxygen atoms in total. The van der Waals surface area contributed by atoms with Crippen molar-refractivity contribution in [2.45, 2.75) is 51.0 Å². The molecule has 0 saturated carbocycles. The van der Waals surface area contributed by atoms with E-state index in [-0.39, 0.29) is 11.9 Å². The van der Waals surface area contributed by atoms with Gasteiger partial charge in [0.15, 0.2) is 0 Å². The summed E-state index contributed by atoms with van der Waals surface area (Å²) in [6, 6.07) is 10.7. The number of hydrogen-bond acceptors (Lipinski definition) is 6. The lowest BCUT2D eigenvalue weighted by Gasteiger charge is -2.37. The largest absolute Gasteiger partial charge is 0.465 e. The molecule has 0 aromatic heterocycles. The number of anilines is 2. The zero-order valence-corrected chi connectivity index (χ0v) is 20.9. The molecule has 0 bridgehead atoms. The molecule has 1 spiro atoms. The van der Waals surface area contributed by atoms with E-state index in [2.05, 4.69) is 46.7 Å². The van der Waals surface area contributed by atoms with Gasteiger partial charge in [0, 0.05) is 37.2 Å². The molecule has 1 amide bonds. The van der Waals surface area contributed by atoms with E-state index in [9.17, 15) is 9.59 Å². The van der Waals surface area contributed by atoms with Crippen molar-refractivity contribution in [3.05, 3.63) is 47.0 Å². The number of amides is 1. The third-order valence-electron chi connectivity index (χ3n) is 8.08. The van der Waals surface area contributed by atoms with E-state index in [1.54, 1.807) is 0 Å². The molecule has 0 radical (unpaired) electrons. The Bertz CT molecular complexity index is 1130. The lowest BCUT2D eigenvalue weighted by Crippen LogP contribution is -2.44. The number of carbonyl (C=O) groups is 2. The number of rotatable bonds is 5. The third-order valence-corrected chi connectivity index (χ3v) is 8.08. The predicted molar refractivity (Wildman–Crippen MR) is 137 cm³/mol. The molecule has 2 aromatic carbocycles. The number of fused-ring (bicyclic) bond motifs is 2. The summed E-state index contributed by atoms with van der Waals surface area (Å²) in [4.78, 5) is 28.2. The summed E-state index contributed by atoms with van der Waals surface area (Å²) in [7, 11) is 1.42. The molecule has 0 aliphatic carbocycles. The van der Waals surface area contributed by atoms with Crippen LogP contribution in [0, 0.1) is 6.92 Å². The number of nitrogens with one attached hydrogen (secondary N) is 2. The molecule has 0 unspecified atom stereocenters. The van der Waals surface area contributed by atoms with Crippen molar-refractivity contribution in [1.29, 1.82) is 0 Å². The Morgan fingerprint density at radius 1 is 1.14 bits per heavy atom. The molecule has 2 aromatic rings. The first kappa shape index (κ1) is 23.8. The normalized spacial score (nSPS) is 19.3. The molecule has 2 saturated heterocycles. The highest BCUT2D eigenvalue weighted by atomic mass is 16.5. The van der Waals surface area contributed by atoms with Gasteiger partial charge in [-0.25, -0.2) is 4.79 Å². The minimum absolute atomic E-state index is 0.0997. The second kappa shape index (κ2) is 9.63. The highest BCUT2D eigenvalue weighted by molar-refractivity contribution is 6.07. The van der Waals surface area contributed by atoms with E-state index >= 15 is 0 Å². The zero-order valence-electron chi connectivity index (χ0n) is 20.9. The van der Waals surface area contributed by atoms with E-state index in [4.69, 9.17) is 9.47 Å². The Hall–Kier alpha value is -2.90. The molecular weight excluding hydrogens is 442 g/mol. The number of piperidine rings is 1. The number of hydrogen-bond donors (Lipinski definition) is 2. The summed E-state index contributed by atoms with van der Waals surface area (Å²) >= 11 is 0. The minimum atomic E-state index is -0.434. The minimum Gasteiger partial charge on any atom is -0.465 e. The van der Waals surface area contributed by atoms with E-state index in [1.807, 2.05) is 13.0 Å². The average Bonchev–Trinajstić information content (AvgIpc) is 3.15. The van der Waals surface area contributed by atoms with Crippen LogP contribution in [0.25, 0.3) is 11.1 Å². The van der Waals surface area contributed by atoms with Gasteiger partial charge < -0.3 is 25.0 Å². The molecule has 2 fully saturated rings. The molecule has 3 aliphatic heterocycles. The van der Waals surface area contributed by atoms with Crippen LogP contribution >= 0.6 is 0 Å². The smallest absolute Gasteiger partial charge is 0.338 e. The van der Waals surface area contributed by atoms with Crippen molar-refractivity contribution in [2.75, 3.05) is 50.2 Å². The van der Waals surface area contributed by atoms with Crippen molar-refractivity contribution in [3.63, 3.8) is 0 Å². The number of ether oxygens (including phenoxy) is 2. The molecule has 5 rings (SSSR count). The number of methoxy groups -OCH3 is 1. The van der Waals surface area contributed by atoms with Gasteiger partial charge in [0.2, 0.25) is 5.91 Å².